The van der Waals surface area contributed by atoms with Crippen LogP contribution in [0.1, 0.15) is 39.0 Å². The van der Waals surface area contributed by atoms with Crippen molar-refractivity contribution in [2.24, 2.45) is 0 Å². The SMILES string of the molecule is C[C@H]1Oc2ccccc2N(CC(=O)NC2(C(=O)O)CCCCC2)C1=O. The van der Waals surface area contributed by atoms with Gasteiger partial charge in [-0.3, -0.25) is 14.5 Å². The number of hydrogen-bond acceptors (Lipinski definition) is 4. The number of fused-ring (bicyclic) bond motifs is 1. The van der Waals surface area contributed by atoms with Crippen molar-refractivity contribution in [3.63, 3.8) is 0 Å². The van der Waals surface area contributed by atoms with Crippen molar-refractivity contribution in [3.8, 4) is 5.75 Å². The second-order valence-corrected chi connectivity index (χ2v) is 6.65. The zero-order valence-corrected chi connectivity index (χ0v) is 14.2. The Kier molecular flexibility index (Phi) is 4.65. The number of carbonyl (C=O) groups excluding carboxylic acids is 2. The van der Waals surface area contributed by atoms with Crippen molar-refractivity contribution in [2.75, 3.05) is 11.4 Å². The van der Waals surface area contributed by atoms with Crippen LogP contribution in [0.4, 0.5) is 5.69 Å². The minimum Gasteiger partial charge on any atom is -0.480 e. The average molecular weight is 346 g/mol. The van der Waals surface area contributed by atoms with E-state index in [4.69, 9.17) is 4.74 Å². The van der Waals surface area contributed by atoms with E-state index in [-0.39, 0.29) is 12.5 Å². The highest BCUT2D eigenvalue weighted by molar-refractivity contribution is 6.04. The molecule has 2 N–H and O–H groups in total. The fraction of sp³-hybridized carbons (Fsp3) is 0.500. The lowest BCUT2D eigenvalue weighted by Crippen LogP contribution is -2.58. The van der Waals surface area contributed by atoms with Gasteiger partial charge in [-0.15, -0.1) is 0 Å². The van der Waals surface area contributed by atoms with Crippen molar-refractivity contribution in [1.82, 2.24) is 5.32 Å². The van der Waals surface area contributed by atoms with Gasteiger partial charge in [0.15, 0.2) is 6.10 Å². The molecule has 1 atom stereocenters. The molecule has 1 saturated carbocycles. The van der Waals surface area contributed by atoms with Crippen molar-refractivity contribution in [2.45, 2.75) is 50.7 Å². The zero-order valence-electron chi connectivity index (χ0n) is 14.2. The van der Waals surface area contributed by atoms with Gasteiger partial charge < -0.3 is 15.2 Å². The molecule has 7 nitrogen and oxygen atoms in total. The van der Waals surface area contributed by atoms with Crippen LogP contribution in [0.2, 0.25) is 0 Å². The normalized spacial score (nSPS) is 21.9. The molecule has 1 aromatic carbocycles. The average Bonchev–Trinajstić information content (AvgIpc) is 2.59. The molecule has 0 bridgehead atoms. The fourth-order valence-corrected chi connectivity index (χ4v) is 3.52. The molecule has 3 rings (SSSR count). The molecule has 1 aliphatic heterocycles. The Balaban J connectivity index is 1.78. The van der Waals surface area contributed by atoms with Crippen LogP contribution in [0.5, 0.6) is 5.75 Å². The number of carboxylic acid groups (broad SMARTS) is 1. The standard InChI is InChI=1S/C18H22N2O5/c1-12-16(22)20(13-7-3-4-8-14(13)25-12)11-15(21)19-18(17(23)24)9-5-2-6-10-18/h3-4,7-8,12H,2,5-6,9-11H2,1H3,(H,19,21)(H,23,24)/t12-/m1/s1. The van der Waals surface area contributed by atoms with E-state index >= 15 is 0 Å². The summed E-state index contributed by atoms with van der Waals surface area (Å²) in [5.74, 6) is -1.26. The maximum Gasteiger partial charge on any atom is 0.329 e. The van der Waals surface area contributed by atoms with Crippen molar-refractivity contribution < 1.29 is 24.2 Å². The highest BCUT2D eigenvalue weighted by Crippen LogP contribution is 2.34. The molecule has 1 fully saturated rings. The van der Waals surface area contributed by atoms with Crippen molar-refractivity contribution >= 4 is 23.5 Å². The number of ether oxygens (including phenoxy) is 1. The summed E-state index contributed by atoms with van der Waals surface area (Å²) < 4.78 is 5.55. The van der Waals surface area contributed by atoms with E-state index in [0.29, 0.717) is 24.3 Å². The summed E-state index contributed by atoms with van der Waals surface area (Å²) in [6, 6.07) is 7.00. The van der Waals surface area contributed by atoms with Crippen LogP contribution >= 0.6 is 0 Å². The summed E-state index contributed by atoms with van der Waals surface area (Å²) in [6.07, 6.45) is 2.64. The second-order valence-electron chi connectivity index (χ2n) is 6.65. The second kappa shape index (κ2) is 6.74. The quantitative estimate of drug-likeness (QED) is 0.865. The lowest BCUT2D eigenvalue weighted by Gasteiger charge is -2.36. The molecule has 25 heavy (non-hydrogen) atoms. The van der Waals surface area contributed by atoms with Gasteiger partial charge in [-0.2, -0.15) is 0 Å². The molecule has 2 aliphatic rings. The van der Waals surface area contributed by atoms with E-state index in [0.717, 1.165) is 19.3 Å². The lowest BCUT2D eigenvalue weighted by atomic mass is 9.81. The Morgan fingerprint density at radius 1 is 1.28 bits per heavy atom. The van der Waals surface area contributed by atoms with Crippen LogP contribution in [0.3, 0.4) is 0 Å². The summed E-state index contributed by atoms with van der Waals surface area (Å²) in [4.78, 5) is 38.0. The maximum atomic E-state index is 12.5. The first kappa shape index (κ1) is 17.3. The van der Waals surface area contributed by atoms with Gasteiger partial charge in [0.25, 0.3) is 5.91 Å². The highest BCUT2D eigenvalue weighted by Gasteiger charge is 2.42. The van der Waals surface area contributed by atoms with Crippen molar-refractivity contribution in [1.29, 1.82) is 0 Å². The van der Waals surface area contributed by atoms with E-state index in [9.17, 15) is 19.5 Å². The predicted molar refractivity (Wildman–Crippen MR) is 90.5 cm³/mol. The van der Waals surface area contributed by atoms with E-state index in [2.05, 4.69) is 5.32 Å². The number of hydrogen-bond donors (Lipinski definition) is 2. The molecular weight excluding hydrogens is 324 g/mol. The van der Waals surface area contributed by atoms with Crippen LogP contribution in [-0.2, 0) is 14.4 Å². The van der Waals surface area contributed by atoms with Gasteiger partial charge in [-0.1, -0.05) is 31.4 Å². The fourth-order valence-electron chi connectivity index (χ4n) is 3.52. The molecule has 134 valence electrons. The summed E-state index contributed by atoms with van der Waals surface area (Å²) >= 11 is 0. The van der Waals surface area contributed by atoms with E-state index < -0.39 is 23.5 Å². The van der Waals surface area contributed by atoms with Crippen LogP contribution in [-0.4, -0.2) is 41.1 Å². The van der Waals surface area contributed by atoms with Gasteiger partial charge in [-0.25, -0.2) is 4.79 Å². The number of benzene rings is 1. The third-order valence-corrected chi connectivity index (χ3v) is 4.87. The van der Waals surface area contributed by atoms with Crippen molar-refractivity contribution in [3.05, 3.63) is 24.3 Å². The Morgan fingerprint density at radius 3 is 2.64 bits per heavy atom. The zero-order chi connectivity index (χ0) is 18.0. The highest BCUT2D eigenvalue weighted by atomic mass is 16.5. The molecule has 1 aromatic rings. The number of nitrogens with one attached hydrogen (secondary N) is 1. The largest absolute Gasteiger partial charge is 0.480 e. The van der Waals surface area contributed by atoms with Gasteiger partial charge in [0.2, 0.25) is 5.91 Å². The third-order valence-electron chi connectivity index (χ3n) is 4.87. The number of para-hydroxylation sites is 2. The van der Waals surface area contributed by atoms with Gasteiger partial charge in [0.1, 0.15) is 17.8 Å². The molecule has 0 unspecified atom stereocenters. The first-order chi connectivity index (χ1) is 11.9. The Hall–Kier alpha value is -2.57. The lowest BCUT2D eigenvalue weighted by molar-refractivity contribution is -0.149. The van der Waals surface area contributed by atoms with Gasteiger partial charge in [0.05, 0.1) is 5.69 Å². The number of anilines is 1. The predicted octanol–water partition coefficient (Wildman–Crippen LogP) is 1.70. The third kappa shape index (κ3) is 3.31. The monoisotopic (exact) mass is 346 g/mol. The van der Waals surface area contributed by atoms with Gasteiger partial charge in [0, 0.05) is 0 Å². The molecule has 0 spiro atoms. The number of rotatable bonds is 4. The van der Waals surface area contributed by atoms with Crippen LogP contribution < -0.4 is 15.0 Å². The Labute approximate surface area is 146 Å². The summed E-state index contributed by atoms with van der Waals surface area (Å²) in [5, 5.41) is 12.3. The van der Waals surface area contributed by atoms with Crippen LogP contribution in [0.25, 0.3) is 0 Å². The topological polar surface area (TPSA) is 95.9 Å². The Bertz CT molecular complexity index is 696. The molecule has 7 heteroatoms. The van der Waals surface area contributed by atoms with Crippen LogP contribution in [0.15, 0.2) is 24.3 Å². The molecule has 0 saturated heterocycles. The molecule has 1 aliphatic carbocycles. The first-order valence-electron chi connectivity index (χ1n) is 8.54. The summed E-state index contributed by atoms with van der Waals surface area (Å²) in [7, 11) is 0. The summed E-state index contributed by atoms with van der Waals surface area (Å²) in [6.45, 7) is 1.40. The van der Waals surface area contributed by atoms with Gasteiger partial charge in [-0.05, 0) is 31.9 Å². The molecular formula is C18H22N2O5. The molecule has 2 amide bonds. The maximum absolute atomic E-state index is 12.5. The number of amides is 2. The molecule has 0 aromatic heterocycles. The number of carbonyl (C=O) groups is 3. The van der Waals surface area contributed by atoms with Gasteiger partial charge >= 0.3 is 5.97 Å². The van der Waals surface area contributed by atoms with E-state index in [1.54, 1.807) is 31.2 Å². The first-order valence-corrected chi connectivity index (χ1v) is 8.54. The Morgan fingerprint density at radius 2 is 1.96 bits per heavy atom. The molecule has 0 radical (unpaired) electrons. The minimum atomic E-state index is -1.23. The smallest absolute Gasteiger partial charge is 0.329 e. The number of aliphatic carboxylic acids is 1. The number of carboxylic acids is 1. The summed E-state index contributed by atoms with van der Waals surface area (Å²) in [5.41, 5.74) is -0.704. The minimum absolute atomic E-state index is 0.224. The van der Waals surface area contributed by atoms with E-state index in [1.807, 2.05) is 0 Å². The number of nitrogens with zero attached hydrogens (tertiary/aromatic N) is 1. The molecule has 1 heterocycles. The van der Waals surface area contributed by atoms with E-state index in [1.165, 1.54) is 4.90 Å². The van der Waals surface area contributed by atoms with Crippen LogP contribution in [0, 0.1) is 0 Å².